The zero-order valence-electron chi connectivity index (χ0n) is 18.6. The molecule has 0 amide bonds. The number of aliphatic carboxylic acids is 1. The van der Waals surface area contributed by atoms with Crippen molar-refractivity contribution in [2.24, 2.45) is 0 Å². The molecule has 0 atom stereocenters. The predicted molar refractivity (Wildman–Crippen MR) is 120 cm³/mol. The van der Waals surface area contributed by atoms with Gasteiger partial charge >= 0.3 is 12.3 Å². The van der Waals surface area contributed by atoms with Crippen molar-refractivity contribution >= 4 is 5.97 Å². The van der Waals surface area contributed by atoms with E-state index in [0.29, 0.717) is 22.6 Å². The van der Waals surface area contributed by atoms with Crippen molar-refractivity contribution in [2.45, 2.75) is 45.4 Å². The van der Waals surface area contributed by atoms with Gasteiger partial charge in [0.15, 0.2) is 0 Å². The average Bonchev–Trinajstić information content (AvgIpc) is 2.72. The van der Waals surface area contributed by atoms with E-state index < -0.39 is 12.3 Å². The van der Waals surface area contributed by atoms with E-state index >= 15 is 0 Å². The molecule has 0 bridgehead atoms. The van der Waals surface area contributed by atoms with Gasteiger partial charge in [-0.15, -0.1) is 13.2 Å². The van der Waals surface area contributed by atoms with E-state index in [1.807, 2.05) is 24.3 Å². The summed E-state index contributed by atoms with van der Waals surface area (Å²) in [6.07, 6.45) is -4.59. The number of ether oxygens (including phenoxy) is 2. The van der Waals surface area contributed by atoms with Crippen LogP contribution in [0.15, 0.2) is 66.7 Å². The fourth-order valence-electron chi connectivity index (χ4n) is 3.29. The van der Waals surface area contributed by atoms with Gasteiger partial charge in [0.25, 0.3) is 0 Å². The summed E-state index contributed by atoms with van der Waals surface area (Å²) in [5.41, 5.74) is 3.25. The minimum atomic E-state index is -4.75. The molecule has 0 aliphatic rings. The number of hydrogen-bond donors (Lipinski definition) is 1. The van der Waals surface area contributed by atoms with Gasteiger partial charge in [-0.05, 0) is 70.5 Å². The maximum absolute atomic E-state index is 12.4. The van der Waals surface area contributed by atoms with Crippen LogP contribution in [0.4, 0.5) is 13.2 Å². The van der Waals surface area contributed by atoms with Crippen molar-refractivity contribution in [2.75, 3.05) is 0 Å². The van der Waals surface area contributed by atoms with Crippen LogP contribution in [-0.4, -0.2) is 17.4 Å². The Labute approximate surface area is 190 Å². The van der Waals surface area contributed by atoms with Crippen molar-refractivity contribution in [1.29, 1.82) is 0 Å². The molecular weight excluding hydrogens is 433 g/mol. The molecule has 174 valence electrons. The molecule has 0 saturated heterocycles. The fraction of sp³-hybridized carbons (Fsp3) is 0.269. The topological polar surface area (TPSA) is 55.8 Å². The summed E-state index contributed by atoms with van der Waals surface area (Å²) in [4.78, 5) is 11.1. The number of halogens is 3. The SMILES string of the molecule is CC(C)(C)c1ccc(Oc2ccc(-c3ccc(OC(F)(F)F)cc3)cc2CCC(=O)O)cc1. The molecule has 0 fully saturated rings. The van der Waals surface area contributed by atoms with E-state index in [1.54, 1.807) is 18.2 Å². The number of aryl methyl sites for hydroxylation is 1. The third-order valence-corrected chi connectivity index (χ3v) is 5.04. The van der Waals surface area contributed by atoms with Gasteiger partial charge in [0.1, 0.15) is 17.2 Å². The van der Waals surface area contributed by atoms with Crippen molar-refractivity contribution in [3.8, 4) is 28.4 Å². The highest BCUT2D eigenvalue weighted by molar-refractivity contribution is 5.69. The van der Waals surface area contributed by atoms with E-state index in [2.05, 4.69) is 25.5 Å². The summed E-state index contributed by atoms with van der Waals surface area (Å²) in [6, 6.07) is 18.5. The Morgan fingerprint density at radius 3 is 1.97 bits per heavy atom. The first-order chi connectivity index (χ1) is 15.4. The van der Waals surface area contributed by atoms with Gasteiger partial charge in [-0.2, -0.15) is 0 Å². The monoisotopic (exact) mass is 458 g/mol. The van der Waals surface area contributed by atoms with Crippen molar-refractivity contribution < 1.29 is 32.5 Å². The number of alkyl halides is 3. The minimum Gasteiger partial charge on any atom is -0.481 e. The molecule has 3 aromatic rings. The molecule has 0 aromatic heterocycles. The molecule has 7 heteroatoms. The lowest BCUT2D eigenvalue weighted by Gasteiger charge is -2.19. The normalized spacial score (nSPS) is 11.8. The van der Waals surface area contributed by atoms with Gasteiger partial charge in [0.05, 0.1) is 0 Å². The highest BCUT2D eigenvalue weighted by Crippen LogP contribution is 2.33. The second kappa shape index (κ2) is 9.57. The molecule has 0 spiro atoms. The zero-order valence-corrected chi connectivity index (χ0v) is 18.6. The maximum atomic E-state index is 12.4. The van der Waals surface area contributed by atoms with E-state index in [9.17, 15) is 18.0 Å². The first kappa shape index (κ1) is 24.2. The van der Waals surface area contributed by atoms with Crippen LogP contribution in [0.25, 0.3) is 11.1 Å². The van der Waals surface area contributed by atoms with Crippen LogP contribution in [0, 0.1) is 0 Å². The summed E-state index contributed by atoms with van der Waals surface area (Å²) >= 11 is 0. The van der Waals surface area contributed by atoms with E-state index in [-0.39, 0.29) is 24.0 Å². The van der Waals surface area contributed by atoms with Crippen LogP contribution in [-0.2, 0) is 16.6 Å². The van der Waals surface area contributed by atoms with Crippen LogP contribution < -0.4 is 9.47 Å². The smallest absolute Gasteiger partial charge is 0.481 e. The molecule has 0 heterocycles. The Morgan fingerprint density at radius 1 is 0.848 bits per heavy atom. The molecule has 4 nitrogen and oxygen atoms in total. The summed E-state index contributed by atoms with van der Waals surface area (Å²) in [5.74, 6) is -0.0907. The molecule has 0 radical (unpaired) electrons. The summed E-state index contributed by atoms with van der Waals surface area (Å²) < 4.78 is 47.1. The zero-order chi connectivity index (χ0) is 24.2. The Bertz CT molecular complexity index is 1100. The van der Waals surface area contributed by atoms with Crippen molar-refractivity contribution in [1.82, 2.24) is 0 Å². The van der Waals surface area contributed by atoms with Crippen LogP contribution in [0.3, 0.4) is 0 Å². The van der Waals surface area contributed by atoms with Crippen LogP contribution >= 0.6 is 0 Å². The van der Waals surface area contributed by atoms with Gasteiger partial charge in [-0.25, -0.2) is 0 Å². The van der Waals surface area contributed by atoms with Crippen molar-refractivity contribution in [3.05, 3.63) is 77.9 Å². The lowest BCUT2D eigenvalue weighted by atomic mass is 9.87. The number of carboxylic acids is 1. The Kier molecular flexibility index (Phi) is 7.01. The molecule has 3 aromatic carbocycles. The minimum absolute atomic E-state index is 0.00745. The van der Waals surface area contributed by atoms with Crippen LogP contribution in [0.5, 0.6) is 17.2 Å². The van der Waals surface area contributed by atoms with Crippen LogP contribution in [0.2, 0.25) is 0 Å². The highest BCUT2D eigenvalue weighted by atomic mass is 19.4. The van der Waals surface area contributed by atoms with Gasteiger partial charge < -0.3 is 14.6 Å². The Hall–Kier alpha value is -3.48. The first-order valence-electron chi connectivity index (χ1n) is 10.4. The van der Waals surface area contributed by atoms with E-state index in [0.717, 1.165) is 11.1 Å². The molecule has 33 heavy (non-hydrogen) atoms. The standard InChI is InChI=1S/C26H25F3O4/c1-25(2,3)20-8-12-21(13-9-20)32-23-14-6-18(16-19(23)7-15-24(30)31)17-4-10-22(11-5-17)33-26(27,28)29/h4-6,8-14,16H,7,15H2,1-3H3,(H,30,31). The highest BCUT2D eigenvalue weighted by Gasteiger charge is 2.31. The third-order valence-electron chi connectivity index (χ3n) is 5.04. The third kappa shape index (κ3) is 7.00. The average molecular weight is 458 g/mol. The molecule has 1 N–H and O–H groups in total. The second-order valence-corrected chi connectivity index (χ2v) is 8.66. The molecule has 0 unspecified atom stereocenters. The second-order valence-electron chi connectivity index (χ2n) is 8.66. The molecule has 3 rings (SSSR count). The van der Waals surface area contributed by atoms with Gasteiger partial charge in [0, 0.05) is 6.42 Å². The number of benzene rings is 3. The maximum Gasteiger partial charge on any atom is 0.573 e. The van der Waals surface area contributed by atoms with Gasteiger partial charge in [-0.1, -0.05) is 51.1 Å². The van der Waals surface area contributed by atoms with Crippen molar-refractivity contribution in [3.63, 3.8) is 0 Å². The fourth-order valence-corrected chi connectivity index (χ4v) is 3.29. The van der Waals surface area contributed by atoms with Crippen LogP contribution in [0.1, 0.15) is 38.3 Å². The molecule has 0 saturated carbocycles. The Balaban J connectivity index is 1.86. The quantitative estimate of drug-likeness (QED) is 0.402. The number of carbonyl (C=O) groups is 1. The number of rotatable bonds is 7. The van der Waals surface area contributed by atoms with Gasteiger partial charge in [-0.3, -0.25) is 4.79 Å². The molecular formula is C26H25F3O4. The summed E-state index contributed by atoms with van der Waals surface area (Å²) in [7, 11) is 0. The lowest BCUT2D eigenvalue weighted by Crippen LogP contribution is -2.16. The molecule has 0 aliphatic carbocycles. The first-order valence-corrected chi connectivity index (χ1v) is 10.4. The predicted octanol–water partition coefficient (Wildman–Crippen LogP) is 7.36. The number of carboxylic acid groups (broad SMARTS) is 1. The Morgan fingerprint density at radius 2 is 1.42 bits per heavy atom. The largest absolute Gasteiger partial charge is 0.573 e. The molecule has 0 aliphatic heterocycles. The van der Waals surface area contributed by atoms with E-state index in [4.69, 9.17) is 9.84 Å². The lowest BCUT2D eigenvalue weighted by molar-refractivity contribution is -0.274. The summed E-state index contributed by atoms with van der Waals surface area (Å²) in [6.45, 7) is 6.36. The van der Waals surface area contributed by atoms with E-state index in [1.165, 1.54) is 24.3 Å². The van der Waals surface area contributed by atoms with Gasteiger partial charge in [0.2, 0.25) is 0 Å². The summed E-state index contributed by atoms with van der Waals surface area (Å²) in [5, 5.41) is 9.13. The number of hydrogen-bond acceptors (Lipinski definition) is 3.